The van der Waals surface area contributed by atoms with Crippen molar-refractivity contribution >= 4 is 7.82 Å². The van der Waals surface area contributed by atoms with Gasteiger partial charge in [-0.25, -0.2) is 9.09 Å². The molecule has 3 rings (SSSR count). The van der Waals surface area contributed by atoms with Gasteiger partial charge in [-0.3, -0.25) is 4.48 Å². The fourth-order valence-electron chi connectivity index (χ4n) is 4.62. The molecule has 0 spiro atoms. The maximum Gasteiger partial charge on any atom is 0.474 e. The minimum Gasteiger partial charge on any atom is -0.493 e. The highest BCUT2D eigenvalue weighted by atomic mass is 31.2. The van der Waals surface area contributed by atoms with Crippen LogP contribution in [0.5, 0.6) is 17.2 Å². The van der Waals surface area contributed by atoms with Gasteiger partial charge in [0, 0.05) is 18.9 Å². The van der Waals surface area contributed by atoms with Gasteiger partial charge in [-0.15, -0.1) is 0 Å². The van der Waals surface area contributed by atoms with E-state index in [4.69, 9.17) is 18.7 Å². The van der Waals surface area contributed by atoms with Gasteiger partial charge in [0.2, 0.25) is 0 Å². The number of hydrogen-bond acceptors (Lipinski definition) is 6. The Labute approximate surface area is 171 Å². The highest BCUT2D eigenvalue weighted by Gasteiger charge is 2.50. The van der Waals surface area contributed by atoms with E-state index in [1.54, 1.807) is 26.4 Å². The highest BCUT2D eigenvalue weighted by Crippen LogP contribution is 2.41. The van der Waals surface area contributed by atoms with E-state index >= 15 is 0 Å². The summed E-state index contributed by atoms with van der Waals surface area (Å²) in [5.74, 6) is 1.83. The molecule has 1 aromatic carbocycles. The molecule has 29 heavy (non-hydrogen) atoms. The monoisotopic (exact) mass is 432 g/mol. The van der Waals surface area contributed by atoms with Gasteiger partial charge in [-0.2, -0.15) is 0 Å². The van der Waals surface area contributed by atoms with Crippen LogP contribution in [0, 0.1) is 0 Å². The average molecular weight is 432 g/mol. The van der Waals surface area contributed by atoms with Gasteiger partial charge in [0.25, 0.3) is 0 Å². The molecule has 0 unspecified atom stereocenters. The predicted molar refractivity (Wildman–Crippen MR) is 105 cm³/mol. The Bertz CT molecular complexity index is 741. The quantitative estimate of drug-likeness (QED) is 0.422. The van der Waals surface area contributed by atoms with Crippen molar-refractivity contribution in [1.82, 2.24) is 0 Å². The Balaban J connectivity index is 1.82. The van der Waals surface area contributed by atoms with Crippen molar-refractivity contribution in [2.45, 2.75) is 50.4 Å². The van der Waals surface area contributed by atoms with Crippen LogP contribution in [0.25, 0.3) is 0 Å². The molecule has 4 atom stereocenters. The van der Waals surface area contributed by atoms with Crippen LogP contribution in [0.3, 0.4) is 0 Å². The standard InChI is InChI=1S/C19H30NO8P/c1-25-18-8-7-15(11-19(18)26-2)28-17-6-4-3-5-16(17)20(10-9-14(21)12-20)13-27-29(22,23)24/h7-8,11,14,16-17,21H,3-6,9-10,12-13H2,1-2H3,(H-,22,23,24)/p+1/t14-,16+,17+,20+/m0/s1. The van der Waals surface area contributed by atoms with Gasteiger partial charge in [0.15, 0.2) is 24.3 Å². The summed E-state index contributed by atoms with van der Waals surface area (Å²) in [6.07, 6.45) is 3.58. The zero-order valence-electron chi connectivity index (χ0n) is 16.9. The van der Waals surface area contributed by atoms with E-state index in [-0.39, 0.29) is 18.9 Å². The number of likely N-dealkylation sites (tertiary alicyclic amines) is 1. The zero-order chi connectivity index (χ0) is 21.1. The summed E-state index contributed by atoms with van der Waals surface area (Å²) >= 11 is 0. The maximum absolute atomic E-state index is 11.3. The summed E-state index contributed by atoms with van der Waals surface area (Å²) in [7, 11) is -1.47. The van der Waals surface area contributed by atoms with Gasteiger partial charge in [-0.05, 0) is 31.4 Å². The summed E-state index contributed by atoms with van der Waals surface area (Å²) in [5.41, 5.74) is 0. The molecule has 164 valence electrons. The van der Waals surface area contributed by atoms with Crippen molar-refractivity contribution in [1.29, 1.82) is 0 Å². The Morgan fingerprint density at radius 3 is 2.45 bits per heavy atom. The molecule has 1 aromatic rings. The number of aliphatic hydroxyl groups is 1. The van der Waals surface area contributed by atoms with Gasteiger partial charge < -0.3 is 29.1 Å². The van der Waals surface area contributed by atoms with Crippen molar-refractivity contribution in [2.24, 2.45) is 0 Å². The van der Waals surface area contributed by atoms with E-state index in [9.17, 15) is 19.5 Å². The molecule has 2 fully saturated rings. The Hall–Kier alpha value is -1.35. The van der Waals surface area contributed by atoms with Crippen molar-refractivity contribution in [3.8, 4) is 17.2 Å². The number of aliphatic hydroxyl groups excluding tert-OH is 1. The van der Waals surface area contributed by atoms with Crippen LogP contribution in [0.1, 0.15) is 32.1 Å². The fourth-order valence-corrected chi connectivity index (χ4v) is 5.00. The van der Waals surface area contributed by atoms with Crippen molar-refractivity contribution in [3.63, 3.8) is 0 Å². The molecule has 0 aromatic heterocycles. The van der Waals surface area contributed by atoms with Crippen molar-refractivity contribution in [2.75, 3.05) is 34.0 Å². The van der Waals surface area contributed by atoms with Crippen molar-refractivity contribution in [3.05, 3.63) is 18.2 Å². The van der Waals surface area contributed by atoms with Crippen LogP contribution in [0.2, 0.25) is 0 Å². The van der Waals surface area contributed by atoms with Gasteiger partial charge >= 0.3 is 7.82 Å². The summed E-state index contributed by atoms with van der Waals surface area (Å²) in [5, 5.41) is 10.2. The van der Waals surface area contributed by atoms with E-state index in [1.165, 1.54) is 0 Å². The molecule has 1 saturated heterocycles. The van der Waals surface area contributed by atoms with Crippen LogP contribution >= 0.6 is 7.82 Å². The number of benzene rings is 1. The third kappa shape index (κ3) is 5.42. The fraction of sp³-hybridized carbons (Fsp3) is 0.684. The minimum absolute atomic E-state index is 0.0273. The van der Waals surface area contributed by atoms with Crippen molar-refractivity contribution < 1.29 is 42.7 Å². The van der Waals surface area contributed by atoms with Crippen LogP contribution in [-0.2, 0) is 9.09 Å². The number of ether oxygens (including phenoxy) is 3. The van der Waals surface area contributed by atoms with Crippen LogP contribution in [0.4, 0.5) is 0 Å². The SMILES string of the molecule is COc1ccc(O[C@@H]2CCCC[C@H]2[N@+]2(COP(=O)(O)O)CC[C@H](O)C2)cc1OC. The lowest BCUT2D eigenvalue weighted by atomic mass is 9.89. The molecular formula is C19H31NO8P+. The van der Waals surface area contributed by atoms with E-state index in [1.807, 2.05) is 6.07 Å². The number of hydrogen-bond donors (Lipinski definition) is 3. The number of quaternary nitrogens is 1. The molecule has 1 heterocycles. The second-order valence-corrected chi connectivity index (χ2v) is 9.08. The molecule has 0 amide bonds. The first-order valence-electron chi connectivity index (χ1n) is 9.89. The van der Waals surface area contributed by atoms with Crippen LogP contribution in [-0.4, -0.2) is 71.7 Å². The molecule has 1 aliphatic heterocycles. The lowest BCUT2D eigenvalue weighted by Gasteiger charge is -2.46. The largest absolute Gasteiger partial charge is 0.493 e. The average Bonchev–Trinajstić information content (AvgIpc) is 3.08. The first kappa shape index (κ1) is 22.3. The lowest BCUT2D eigenvalue weighted by Crippen LogP contribution is -2.61. The van der Waals surface area contributed by atoms with Gasteiger partial charge in [0.05, 0.1) is 20.8 Å². The number of nitrogens with zero attached hydrogens (tertiary/aromatic N) is 1. The zero-order valence-corrected chi connectivity index (χ0v) is 17.8. The smallest absolute Gasteiger partial charge is 0.474 e. The molecule has 0 bridgehead atoms. The summed E-state index contributed by atoms with van der Waals surface area (Å²) in [4.78, 5) is 18.4. The number of rotatable bonds is 8. The van der Waals surface area contributed by atoms with E-state index in [0.29, 0.717) is 41.2 Å². The van der Waals surface area contributed by atoms with Crippen LogP contribution < -0.4 is 14.2 Å². The molecule has 10 heteroatoms. The van der Waals surface area contributed by atoms with E-state index in [2.05, 4.69) is 0 Å². The first-order valence-corrected chi connectivity index (χ1v) is 11.4. The normalized spacial score (nSPS) is 30.2. The predicted octanol–water partition coefficient (Wildman–Crippen LogP) is 2.04. The van der Waals surface area contributed by atoms with Gasteiger partial charge in [-0.1, -0.05) is 0 Å². The highest BCUT2D eigenvalue weighted by molar-refractivity contribution is 7.46. The number of methoxy groups -OCH3 is 2. The van der Waals surface area contributed by atoms with Crippen LogP contribution in [0.15, 0.2) is 18.2 Å². The van der Waals surface area contributed by atoms with E-state index < -0.39 is 13.9 Å². The lowest BCUT2D eigenvalue weighted by molar-refractivity contribution is -0.959. The molecule has 1 aliphatic carbocycles. The third-order valence-electron chi connectivity index (χ3n) is 5.98. The Kier molecular flexibility index (Phi) is 7.09. The molecule has 3 N–H and O–H groups in total. The molecule has 2 aliphatic rings. The summed E-state index contributed by atoms with van der Waals surface area (Å²) in [6.45, 7) is 0.853. The van der Waals surface area contributed by atoms with E-state index in [0.717, 1.165) is 25.7 Å². The molecular weight excluding hydrogens is 401 g/mol. The second kappa shape index (κ2) is 9.20. The number of phosphoric ester groups is 1. The summed E-state index contributed by atoms with van der Waals surface area (Å²) < 4.78 is 33.5. The second-order valence-electron chi connectivity index (χ2n) is 7.84. The Morgan fingerprint density at radius 2 is 1.83 bits per heavy atom. The summed E-state index contributed by atoms with van der Waals surface area (Å²) in [6, 6.07) is 5.36. The van der Waals surface area contributed by atoms with Gasteiger partial charge in [0.1, 0.15) is 24.4 Å². The third-order valence-corrected chi connectivity index (χ3v) is 6.43. The minimum atomic E-state index is -4.61. The Morgan fingerprint density at radius 1 is 1.10 bits per heavy atom. The molecule has 1 saturated carbocycles. The number of phosphoric acid groups is 1. The first-order chi connectivity index (χ1) is 13.8. The topological polar surface area (TPSA) is 115 Å². The molecule has 0 radical (unpaired) electrons. The molecule has 9 nitrogen and oxygen atoms in total. The maximum atomic E-state index is 11.3.